The van der Waals surface area contributed by atoms with Crippen molar-refractivity contribution in [2.75, 3.05) is 0 Å². The largest absolute Gasteiger partial charge is 0.442 e. The van der Waals surface area contributed by atoms with Crippen LogP contribution in [0, 0.1) is 0 Å². The molecule has 0 aliphatic heterocycles. The number of rotatable bonds is 3. The molecule has 0 aromatic carbocycles. The Balaban J connectivity index is 1.81. The predicted molar refractivity (Wildman–Crippen MR) is 82.4 cm³/mol. The zero-order chi connectivity index (χ0) is 15.8. The van der Waals surface area contributed by atoms with Gasteiger partial charge in [0.25, 0.3) is 5.56 Å². The summed E-state index contributed by atoms with van der Waals surface area (Å²) in [5.74, 6) is -0.331. The molecule has 0 radical (unpaired) electrons. The fourth-order valence-corrected chi connectivity index (χ4v) is 2.96. The van der Waals surface area contributed by atoms with Gasteiger partial charge in [-0.1, -0.05) is 11.2 Å². The van der Waals surface area contributed by atoms with Crippen LogP contribution in [-0.4, -0.2) is 24.1 Å². The van der Waals surface area contributed by atoms with Crippen LogP contribution in [0.5, 0.6) is 0 Å². The minimum Gasteiger partial charge on any atom is -0.295 e. The average Bonchev–Trinajstić information content (AvgIpc) is 3.16. The summed E-state index contributed by atoms with van der Waals surface area (Å²) in [5.41, 5.74) is 0.766. The highest BCUT2D eigenvalue weighted by atomic mass is 32.1. The number of hydrogen-bond acceptors (Lipinski definition) is 7. The molecular formula is C14H9N5O3S. The molecule has 0 bridgehead atoms. The van der Waals surface area contributed by atoms with E-state index in [-0.39, 0.29) is 12.1 Å². The lowest BCUT2D eigenvalue weighted by Gasteiger charge is -2.03. The fourth-order valence-electron chi connectivity index (χ4n) is 2.22. The summed E-state index contributed by atoms with van der Waals surface area (Å²) in [6, 6.07) is 6.66. The maximum Gasteiger partial charge on any atom is 0.442 e. The summed E-state index contributed by atoms with van der Waals surface area (Å²) in [5, 5.41) is 5.54. The Hall–Kier alpha value is -3.07. The van der Waals surface area contributed by atoms with Crippen molar-refractivity contribution in [1.29, 1.82) is 0 Å². The topological polar surface area (TPSA) is 95.3 Å². The quantitative estimate of drug-likeness (QED) is 0.557. The lowest BCUT2D eigenvalue weighted by molar-refractivity contribution is 0.378. The summed E-state index contributed by atoms with van der Waals surface area (Å²) >= 11 is 1.35. The highest BCUT2D eigenvalue weighted by Crippen LogP contribution is 2.13. The third-order valence-electron chi connectivity index (χ3n) is 3.26. The maximum atomic E-state index is 12.0. The molecule has 114 valence electrons. The molecule has 0 spiro atoms. The van der Waals surface area contributed by atoms with Crippen molar-refractivity contribution in [3.63, 3.8) is 0 Å². The summed E-state index contributed by atoms with van der Waals surface area (Å²) < 4.78 is 7.48. The third-order valence-corrected chi connectivity index (χ3v) is 4.01. The maximum absolute atomic E-state index is 12.0. The Kier molecular flexibility index (Phi) is 3.12. The van der Waals surface area contributed by atoms with Gasteiger partial charge < -0.3 is 0 Å². The van der Waals surface area contributed by atoms with Crippen molar-refractivity contribution in [2.24, 2.45) is 0 Å². The van der Waals surface area contributed by atoms with Crippen LogP contribution in [0.25, 0.3) is 16.5 Å². The molecule has 0 saturated carbocycles. The van der Waals surface area contributed by atoms with E-state index in [0.29, 0.717) is 22.2 Å². The Bertz CT molecular complexity index is 1090. The van der Waals surface area contributed by atoms with Crippen LogP contribution < -0.4 is 11.3 Å². The Morgan fingerprint density at radius 1 is 1.26 bits per heavy atom. The molecule has 0 N–H and O–H groups in total. The summed E-state index contributed by atoms with van der Waals surface area (Å²) in [6.07, 6.45) is 3.26. The summed E-state index contributed by atoms with van der Waals surface area (Å²) in [6.45, 7) is 0.0812. The fraction of sp³-hybridized carbons (Fsp3) is 0.0714. The normalized spacial score (nSPS) is 11.1. The zero-order valence-corrected chi connectivity index (χ0v) is 12.4. The van der Waals surface area contributed by atoms with E-state index in [4.69, 9.17) is 4.52 Å². The van der Waals surface area contributed by atoms with Crippen molar-refractivity contribution < 1.29 is 4.52 Å². The van der Waals surface area contributed by atoms with Gasteiger partial charge in [0.1, 0.15) is 5.69 Å². The standard InChI is InChI=1S/C14H9N5O3S/c20-11-7-9(16-13-18(11)5-6-23-13)8-19-12(17-22-14(19)21)10-3-1-2-4-15-10/h1-7H,8H2. The van der Waals surface area contributed by atoms with Gasteiger partial charge in [0, 0.05) is 23.8 Å². The van der Waals surface area contributed by atoms with E-state index < -0.39 is 5.76 Å². The van der Waals surface area contributed by atoms with E-state index in [0.717, 1.165) is 0 Å². The van der Waals surface area contributed by atoms with E-state index in [2.05, 4.69) is 15.1 Å². The van der Waals surface area contributed by atoms with Crippen LogP contribution in [0.3, 0.4) is 0 Å². The van der Waals surface area contributed by atoms with Gasteiger partial charge in [-0.05, 0) is 12.1 Å². The molecular weight excluding hydrogens is 318 g/mol. The predicted octanol–water partition coefficient (Wildman–Crippen LogP) is 1.02. The minimum atomic E-state index is -0.626. The molecule has 0 saturated heterocycles. The second-order valence-electron chi connectivity index (χ2n) is 4.71. The number of nitrogens with zero attached hydrogens (tertiary/aromatic N) is 5. The molecule has 9 heteroatoms. The molecule has 0 aliphatic carbocycles. The number of hydrogen-bond donors (Lipinski definition) is 0. The van der Waals surface area contributed by atoms with Crippen LogP contribution in [0.1, 0.15) is 5.69 Å². The molecule has 4 aromatic heterocycles. The van der Waals surface area contributed by atoms with Crippen LogP contribution in [0.4, 0.5) is 0 Å². The van der Waals surface area contributed by atoms with E-state index in [1.807, 2.05) is 0 Å². The lowest BCUT2D eigenvalue weighted by atomic mass is 10.3. The first-order valence-corrected chi connectivity index (χ1v) is 7.54. The summed E-state index contributed by atoms with van der Waals surface area (Å²) in [7, 11) is 0. The number of pyridine rings is 1. The van der Waals surface area contributed by atoms with Crippen LogP contribution in [0.15, 0.2) is 56.2 Å². The molecule has 0 unspecified atom stereocenters. The van der Waals surface area contributed by atoms with Gasteiger partial charge in [-0.15, -0.1) is 11.3 Å². The molecule has 0 amide bonds. The number of thiazole rings is 1. The highest BCUT2D eigenvalue weighted by molar-refractivity contribution is 7.15. The van der Waals surface area contributed by atoms with Gasteiger partial charge in [-0.25, -0.2) is 14.3 Å². The van der Waals surface area contributed by atoms with Gasteiger partial charge in [-0.2, -0.15) is 0 Å². The minimum absolute atomic E-state index is 0.0812. The summed E-state index contributed by atoms with van der Waals surface area (Å²) in [4.78, 5) is 33.0. The van der Waals surface area contributed by atoms with E-state index in [9.17, 15) is 9.59 Å². The highest BCUT2D eigenvalue weighted by Gasteiger charge is 2.15. The van der Waals surface area contributed by atoms with Crippen LogP contribution >= 0.6 is 11.3 Å². The molecule has 4 rings (SSSR count). The zero-order valence-electron chi connectivity index (χ0n) is 11.6. The molecule has 8 nitrogen and oxygen atoms in total. The Morgan fingerprint density at radius 2 is 2.17 bits per heavy atom. The smallest absolute Gasteiger partial charge is 0.295 e. The first-order chi connectivity index (χ1) is 11.2. The first kappa shape index (κ1) is 13.6. The van der Waals surface area contributed by atoms with Gasteiger partial charge in [-0.3, -0.25) is 18.7 Å². The van der Waals surface area contributed by atoms with Gasteiger partial charge in [0.15, 0.2) is 4.96 Å². The first-order valence-electron chi connectivity index (χ1n) is 6.66. The third kappa shape index (κ3) is 2.36. The second kappa shape index (κ2) is 5.29. The van der Waals surface area contributed by atoms with Crippen molar-refractivity contribution in [3.8, 4) is 11.5 Å². The molecule has 0 aliphatic rings. The average molecular weight is 327 g/mol. The van der Waals surface area contributed by atoms with E-state index >= 15 is 0 Å². The molecule has 4 aromatic rings. The molecule has 23 heavy (non-hydrogen) atoms. The van der Waals surface area contributed by atoms with Gasteiger partial charge in [0.2, 0.25) is 5.82 Å². The molecule has 0 atom stereocenters. The Labute approximate surface area is 132 Å². The van der Waals surface area contributed by atoms with Crippen molar-refractivity contribution in [3.05, 3.63) is 68.6 Å². The van der Waals surface area contributed by atoms with E-state index in [1.54, 1.807) is 36.0 Å². The Morgan fingerprint density at radius 3 is 3.00 bits per heavy atom. The second-order valence-corrected chi connectivity index (χ2v) is 5.59. The van der Waals surface area contributed by atoms with Crippen molar-refractivity contribution in [1.82, 2.24) is 24.1 Å². The SMILES string of the molecule is O=c1onc(-c2ccccn2)n1Cc1cc(=O)n2ccsc2n1. The van der Waals surface area contributed by atoms with E-state index in [1.165, 1.54) is 26.4 Å². The molecule has 4 heterocycles. The monoisotopic (exact) mass is 327 g/mol. The van der Waals surface area contributed by atoms with Crippen LogP contribution in [0.2, 0.25) is 0 Å². The van der Waals surface area contributed by atoms with Gasteiger partial charge in [0.05, 0.1) is 12.2 Å². The number of fused-ring (bicyclic) bond motifs is 1. The number of aromatic nitrogens is 5. The van der Waals surface area contributed by atoms with Crippen molar-refractivity contribution in [2.45, 2.75) is 6.54 Å². The van der Waals surface area contributed by atoms with Crippen LogP contribution in [-0.2, 0) is 6.54 Å². The lowest BCUT2D eigenvalue weighted by Crippen LogP contribution is -2.20. The van der Waals surface area contributed by atoms with Gasteiger partial charge >= 0.3 is 5.76 Å². The molecule has 0 fully saturated rings. The van der Waals surface area contributed by atoms with Crippen molar-refractivity contribution >= 4 is 16.3 Å².